The fourth-order valence-corrected chi connectivity index (χ4v) is 1.70. The van der Waals surface area contributed by atoms with Gasteiger partial charge in [0.2, 0.25) is 5.88 Å². The molecule has 0 saturated heterocycles. The van der Waals surface area contributed by atoms with Crippen LogP contribution < -0.4 is 4.74 Å². The number of nitrogens with zero attached hydrogens (tertiary/aromatic N) is 3. The van der Waals surface area contributed by atoms with Crippen molar-refractivity contribution < 1.29 is 4.74 Å². The number of para-hydroxylation sites is 1. The van der Waals surface area contributed by atoms with Gasteiger partial charge in [0.1, 0.15) is 5.52 Å². The number of hydrogen-bond donors (Lipinski definition) is 0. The molecular formula is C13H10N3O. The standard InChI is InChI=1S/C13H10N3O/c1-17-12-8-7-11-13(15-12)16(9-14-11)10-5-3-2-4-6-10/h2-8H,1H3. The molecule has 1 aromatic carbocycles. The predicted octanol–water partition coefficient (Wildman–Crippen LogP) is 2.23. The highest BCUT2D eigenvalue weighted by Crippen LogP contribution is 2.18. The average Bonchev–Trinajstić information content (AvgIpc) is 2.82. The first kappa shape index (κ1) is 9.84. The third-order valence-corrected chi connectivity index (χ3v) is 2.53. The molecule has 0 aliphatic carbocycles. The number of hydrogen-bond acceptors (Lipinski definition) is 3. The first-order valence-electron chi connectivity index (χ1n) is 5.25. The normalized spacial score (nSPS) is 10.6. The van der Waals surface area contributed by atoms with Crippen LogP contribution in [0.1, 0.15) is 0 Å². The van der Waals surface area contributed by atoms with Crippen molar-refractivity contribution in [1.29, 1.82) is 0 Å². The van der Waals surface area contributed by atoms with Gasteiger partial charge in [-0.25, -0.2) is 4.98 Å². The summed E-state index contributed by atoms with van der Waals surface area (Å²) in [7, 11) is 1.60. The van der Waals surface area contributed by atoms with Crippen LogP contribution in [0.3, 0.4) is 0 Å². The van der Waals surface area contributed by atoms with Crippen molar-refractivity contribution in [2.75, 3.05) is 7.11 Å². The molecular weight excluding hydrogens is 214 g/mol. The lowest BCUT2D eigenvalue weighted by Crippen LogP contribution is -1.95. The van der Waals surface area contributed by atoms with Gasteiger partial charge >= 0.3 is 0 Å². The zero-order valence-corrected chi connectivity index (χ0v) is 9.29. The van der Waals surface area contributed by atoms with Crippen LogP contribution in [-0.4, -0.2) is 21.6 Å². The van der Waals surface area contributed by atoms with Gasteiger partial charge in [-0.05, 0) is 18.2 Å². The molecule has 83 valence electrons. The Morgan fingerprint density at radius 2 is 1.94 bits per heavy atom. The van der Waals surface area contributed by atoms with E-state index >= 15 is 0 Å². The Hall–Kier alpha value is -2.36. The van der Waals surface area contributed by atoms with Gasteiger partial charge in [-0.2, -0.15) is 4.98 Å². The second kappa shape index (κ2) is 3.90. The average molecular weight is 224 g/mol. The molecule has 4 heteroatoms. The lowest BCUT2D eigenvalue weighted by molar-refractivity contribution is 0.399. The van der Waals surface area contributed by atoms with Crippen molar-refractivity contribution in [3.8, 4) is 11.6 Å². The van der Waals surface area contributed by atoms with E-state index in [0.717, 1.165) is 16.9 Å². The zero-order chi connectivity index (χ0) is 11.7. The van der Waals surface area contributed by atoms with E-state index in [4.69, 9.17) is 4.74 Å². The van der Waals surface area contributed by atoms with Gasteiger partial charge in [0.15, 0.2) is 12.0 Å². The highest BCUT2D eigenvalue weighted by atomic mass is 16.5. The van der Waals surface area contributed by atoms with Crippen molar-refractivity contribution in [2.24, 2.45) is 0 Å². The number of pyridine rings is 1. The number of methoxy groups -OCH3 is 1. The fourth-order valence-electron chi connectivity index (χ4n) is 1.70. The third kappa shape index (κ3) is 1.63. The van der Waals surface area contributed by atoms with Crippen LogP contribution in [-0.2, 0) is 0 Å². The first-order chi connectivity index (χ1) is 8.38. The highest BCUT2D eigenvalue weighted by molar-refractivity contribution is 5.73. The van der Waals surface area contributed by atoms with Gasteiger partial charge in [0.05, 0.1) is 7.11 Å². The van der Waals surface area contributed by atoms with Gasteiger partial charge in [-0.15, -0.1) is 0 Å². The molecule has 0 spiro atoms. The first-order valence-corrected chi connectivity index (χ1v) is 5.25. The van der Waals surface area contributed by atoms with Crippen molar-refractivity contribution in [3.05, 3.63) is 48.8 Å². The van der Waals surface area contributed by atoms with Gasteiger partial charge in [-0.3, -0.25) is 4.57 Å². The van der Waals surface area contributed by atoms with Crippen molar-refractivity contribution >= 4 is 11.2 Å². The van der Waals surface area contributed by atoms with E-state index in [9.17, 15) is 0 Å². The minimum Gasteiger partial charge on any atom is -0.481 e. The summed E-state index contributed by atoms with van der Waals surface area (Å²) in [5.74, 6) is 0.573. The number of benzene rings is 1. The second-order valence-corrected chi connectivity index (χ2v) is 3.58. The van der Waals surface area contributed by atoms with E-state index in [0.29, 0.717) is 5.88 Å². The predicted molar refractivity (Wildman–Crippen MR) is 64.3 cm³/mol. The Bertz CT molecular complexity index is 646. The molecule has 0 N–H and O–H groups in total. The molecule has 0 amide bonds. The number of aromatic nitrogens is 3. The summed E-state index contributed by atoms with van der Waals surface area (Å²) in [6.45, 7) is 0. The number of fused-ring (bicyclic) bond motifs is 1. The zero-order valence-electron chi connectivity index (χ0n) is 9.29. The minimum absolute atomic E-state index is 0.573. The summed E-state index contributed by atoms with van der Waals surface area (Å²) >= 11 is 0. The van der Waals surface area contributed by atoms with E-state index in [-0.39, 0.29) is 0 Å². The smallest absolute Gasteiger partial charge is 0.215 e. The largest absolute Gasteiger partial charge is 0.481 e. The second-order valence-electron chi connectivity index (χ2n) is 3.58. The topological polar surface area (TPSA) is 39.9 Å². The molecule has 0 aliphatic rings. The van der Waals surface area contributed by atoms with E-state index in [1.165, 1.54) is 0 Å². The lowest BCUT2D eigenvalue weighted by atomic mass is 10.3. The summed E-state index contributed by atoms with van der Waals surface area (Å²) in [4.78, 5) is 8.57. The number of ether oxygens (including phenoxy) is 1. The van der Waals surface area contributed by atoms with Crippen LogP contribution >= 0.6 is 0 Å². The van der Waals surface area contributed by atoms with Gasteiger partial charge < -0.3 is 4.74 Å². The summed E-state index contributed by atoms with van der Waals surface area (Å²) in [6, 6.07) is 13.5. The monoisotopic (exact) mass is 224 g/mol. The van der Waals surface area contributed by atoms with E-state index in [1.54, 1.807) is 13.2 Å². The molecule has 17 heavy (non-hydrogen) atoms. The Labute approximate surface area is 98.5 Å². The SMILES string of the molecule is COc1ccc2n[c]n(-c3ccccc3)c2n1. The summed E-state index contributed by atoms with van der Waals surface area (Å²) < 4.78 is 6.93. The summed E-state index contributed by atoms with van der Waals surface area (Å²) in [6.07, 6.45) is 2.93. The summed E-state index contributed by atoms with van der Waals surface area (Å²) in [5, 5.41) is 0. The van der Waals surface area contributed by atoms with E-state index in [2.05, 4.69) is 16.3 Å². The molecule has 4 nitrogen and oxygen atoms in total. The Morgan fingerprint density at radius 1 is 1.12 bits per heavy atom. The van der Waals surface area contributed by atoms with Crippen molar-refractivity contribution in [3.63, 3.8) is 0 Å². The molecule has 3 rings (SSSR count). The fraction of sp³-hybridized carbons (Fsp3) is 0.0769. The van der Waals surface area contributed by atoms with Crippen LogP contribution in [0, 0.1) is 6.33 Å². The molecule has 0 aliphatic heterocycles. The molecule has 0 bridgehead atoms. The Morgan fingerprint density at radius 3 is 2.71 bits per heavy atom. The Balaban J connectivity index is 2.23. The van der Waals surface area contributed by atoms with Gasteiger partial charge in [0.25, 0.3) is 0 Å². The summed E-state index contributed by atoms with van der Waals surface area (Å²) in [5.41, 5.74) is 2.53. The molecule has 1 radical (unpaired) electrons. The molecule has 0 unspecified atom stereocenters. The quantitative estimate of drug-likeness (QED) is 0.670. The van der Waals surface area contributed by atoms with Crippen LogP contribution in [0.4, 0.5) is 0 Å². The molecule has 2 aromatic heterocycles. The van der Waals surface area contributed by atoms with Crippen LogP contribution in [0.5, 0.6) is 5.88 Å². The minimum atomic E-state index is 0.573. The van der Waals surface area contributed by atoms with Crippen LogP contribution in [0.2, 0.25) is 0 Å². The van der Waals surface area contributed by atoms with Crippen molar-refractivity contribution in [1.82, 2.24) is 14.5 Å². The number of imidazole rings is 1. The Kier molecular flexibility index (Phi) is 2.26. The maximum Gasteiger partial charge on any atom is 0.215 e. The van der Waals surface area contributed by atoms with E-state index < -0.39 is 0 Å². The molecule has 2 heterocycles. The van der Waals surface area contributed by atoms with E-state index in [1.807, 2.05) is 41.0 Å². The molecule has 0 saturated carbocycles. The maximum atomic E-state index is 5.12. The lowest BCUT2D eigenvalue weighted by Gasteiger charge is -2.03. The number of rotatable bonds is 2. The van der Waals surface area contributed by atoms with Crippen LogP contribution in [0.25, 0.3) is 16.9 Å². The molecule has 0 fully saturated rings. The van der Waals surface area contributed by atoms with Gasteiger partial charge in [-0.1, -0.05) is 18.2 Å². The van der Waals surface area contributed by atoms with Crippen LogP contribution in [0.15, 0.2) is 42.5 Å². The maximum absolute atomic E-state index is 5.12. The van der Waals surface area contributed by atoms with Gasteiger partial charge in [0, 0.05) is 11.8 Å². The third-order valence-electron chi connectivity index (χ3n) is 2.53. The van der Waals surface area contributed by atoms with Crippen molar-refractivity contribution in [2.45, 2.75) is 0 Å². The molecule has 3 aromatic rings. The highest BCUT2D eigenvalue weighted by Gasteiger charge is 2.07. The molecule has 0 atom stereocenters.